The third kappa shape index (κ3) is 3.22. The lowest BCUT2D eigenvalue weighted by atomic mass is 9.87. The number of hydrogen-bond donors (Lipinski definition) is 4. The Balaban J connectivity index is 2.24. The SMILES string of the molecule is CCC(=O)NCCC1c2c(ccc(O)c2CCO)NC1C=O. The van der Waals surface area contributed by atoms with Gasteiger partial charge in [0.25, 0.3) is 0 Å². The topological polar surface area (TPSA) is 98.7 Å². The third-order valence-corrected chi connectivity index (χ3v) is 4.07. The minimum atomic E-state index is -0.382. The van der Waals surface area contributed by atoms with Crippen LogP contribution in [0.1, 0.15) is 36.8 Å². The second-order valence-electron chi connectivity index (χ2n) is 5.40. The molecule has 0 spiro atoms. The number of aliphatic hydroxyl groups is 1. The van der Waals surface area contributed by atoms with E-state index in [4.69, 9.17) is 0 Å². The number of aldehydes is 1. The number of fused-ring (bicyclic) bond motifs is 1. The molecule has 0 bridgehead atoms. The predicted octanol–water partition coefficient (Wildman–Crippen LogP) is 0.920. The number of hydrogen-bond acceptors (Lipinski definition) is 5. The van der Waals surface area contributed by atoms with Crippen LogP contribution in [-0.4, -0.2) is 41.6 Å². The minimum absolute atomic E-state index is 0.0275. The van der Waals surface area contributed by atoms with Crippen LogP contribution in [0, 0.1) is 0 Å². The van der Waals surface area contributed by atoms with Crippen LogP contribution in [0.25, 0.3) is 0 Å². The standard InChI is InChI=1S/C16H22N2O4/c1-2-15(22)17-7-5-10-13(9-20)18-12-3-4-14(21)11(6-8-19)16(10)12/h3-4,9-10,13,18-19,21H,2,5-8H2,1H3,(H,17,22). The molecule has 0 aromatic heterocycles. The number of phenols is 1. The van der Waals surface area contributed by atoms with E-state index in [2.05, 4.69) is 10.6 Å². The second-order valence-corrected chi connectivity index (χ2v) is 5.40. The molecule has 6 heteroatoms. The zero-order valence-corrected chi connectivity index (χ0v) is 12.6. The molecule has 0 fully saturated rings. The van der Waals surface area contributed by atoms with Crippen molar-refractivity contribution in [2.24, 2.45) is 0 Å². The number of carbonyl (C=O) groups excluding carboxylic acids is 2. The Morgan fingerprint density at radius 1 is 1.45 bits per heavy atom. The monoisotopic (exact) mass is 306 g/mol. The molecule has 4 N–H and O–H groups in total. The maximum absolute atomic E-state index is 11.3. The zero-order chi connectivity index (χ0) is 16.1. The van der Waals surface area contributed by atoms with Crippen LogP contribution in [0.15, 0.2) is 12.1 Å². The molecular weight excluding hydrogens is 284 g/mol. The highest BCUT2D eigenvalue weighted by Gasteiger charge is 2.34. The van der Waals surface area contributed by atoms with E-state index in [0.29, 0.717) is 31.4 Å². The Morgan fingerprint density at radius 2 is 2.23 bits per heavy atom. The summed E-state index contributed by atoms with van der Waals surface area (Å²) in [4.78, 5) is 22.7. The molecule has 1 aliphatic rings. The van der Waals surface area contributed by atoms with Gasteiger partial charge < -0.3 is 25.6 Å². The first-order valence-corrected chi connectivity index (χ1v) is 7.56. The number of nitrogens with one attached hydrogen (secondary N) is 2. The van der Waals surface area contributed by atoms with E-state index in [1.54, 1.807) is 19.1 Å². The second kappa shape index (κ2) is 7.26. The van der Waals surface area contributed by atoms with E-state index in [9.17, 15) is 19.8 Å². The molecule has 1 aliphatic heterocycles. The highest BCUT2D eigenvalue weighted by atomic mass is 16.3. The van der Waals surface area contributed by atoms with Crippen LogP contribution in [0.2, 0.25) is 0 Å². The van der Waals surface area contributed by atoms with Gasteiger partial charge in [-0.3, -0.25) is 4.79 Å². The zero-order valence-electron chi connectivity index (χ0n) is 12.6. The lowest BCUT2D eigenvalue weighted by Gasteiger charge is -2.18. The van der Waals surface area contributed by atoms with Gasteiger partial charge in [0.15, 0.2) is 0 Å². The third-order valence-electron chi connectivity index (χ3n) is 4.07. The lowest BCUT2D eigenvalue weighted by Crippen LogP contribution is -2.29. The van der Waals surface area contributed by atoms with Crippen molar-refractivity contribution >= 4 is 17.9 Å². The molecule has 0 radical (unpaired) electrons. The fourth-order valence-electron chi connectivity index (χ4n) is 2.98. The summed E-state index contributed by atoms with van der Waals surface area (Å²) in [5.74, 6) is -0.0256. The number of phenolic OH excluding ortho intramolecular Hbond substituents is 1. The van der Waals surface area contributed by atoms with E-state index in [1.165, 1.54) is 0 Å². The Kier molecular flexibility index (Phi) is 5.38. The summed E-state index contributed by atoms with van der Waals surface area (Å²) in [6.45, 7) is 2.18. The molecule has 120 valence electrons. The summed E-state index contributed by atoms with van der Waals surface area (Å²) in [5.41, 5.74) is 2.35. The molecule has 1 amide bonds. The smallest absolute Gasteiger partial charge is 0.219 e. The van der Waals surface area contributed by atoms with Gasteiger partial charge in [-0.05, 0) is 30.5 Å². The van der Waals surface area contributed by atoms with Crippen LogP contribution in [0.3, 0.4) is 0 Å². The molecular formula is C16H22N2O4. The van der Waals surface area contributed by atoms with Crippen molar-refractivity contribution in [2.45, 2.75) is 38.1 Å². The van der Waals surface area contributed by atoms with Crippen LogP contribution < -0.4 is 10.6 Å². The number of rotatable bonds is 7. The molecule has 0 aliphatic carbocycles. The molecule has 2 rings (SSSR count). The summed E-state index contributed by atoms with van der Waals surface area (Å²) in [6, 6.07) is 2.93. The summed E-state index contributed by atoms with van der Waals surface area (Å²) in [5, 5.41) is 25.2. The number of benzene rings is 1. The van der Waals surface area contributed by atoms with Gasteiger partial charge in [-0.2, -0.15) is 0 Å². The number of anilines is 1. The van der Waals surface area contributed by atoms with Crippen molar-refractivity contribution in [2.75, 3.05) is 18.5 Å². The Labute approximate surface area is 129 Å². The lowest BCUT2D eigenvalue weighted by molar-refractivity contribution is -0.120. The molecule has 6 nitrogen and oxygen atoms in total. The molecule has 1 heterocycles. The average Bonchev–Trinajstić information content (AvgIpc) is 2.88. The van der Waals surface area contributed by atoms with Crippen molar-refractivity contribution < 1.29 is 19.8 Å². The van der Waals surface area contributed by atoms with Crippen LogP contribution >= 0.6 is 0 Å². The van der Waals surface area contributed by atoms with Crippen molar-refractivity contribution in [3.05, 3.63) is 23.3 Å². The van der Waals surface area contributed by atoms with E-state index in [0.717, 1.165) is 17.5 Å². The van der Waals surface area contributed by atoms with E-state index in [-0.39, 0.29) is 30.2 Å². The number of amides is 1. The number of aromatic hydroxyl groups is 1. The van der Waals surface area contributed by atoms with Gasteiger partial charge in [0.2, 0.25) is 5.91 Å². The number of carbonyl (C=O) groups is 2. The first kappa shape index (κ1) is 16.3. The van der Waals surface area contributed by atoms with Crippen molar-refractivity contribution in [1.29, 1.82) is 0 Å². The molecule has 0 saturated heterocycles. The van der Waals surface area contributed by atoms with Crippen LogP contribution in [0.4, 0.5) is 5.69 Å². The van der Waals surface area contributed by atoms with Gasteiger partial charge >= 0.3 is 0 Å². The summed E-state index contributed by atoms with van der Waals surface area (Å²) in [6.07, 6.45) is 2.20. The van der Waals surface area contributed by atoms with Crippen molar-refractivity contribution in [3.63, 3.8) is 0 Å². The quantitative estimate of drug-likeness (QED) is 0.443. The molecule has 0 saturated carbocycles. The fraction of sp³-hybridized carbons (Fsp3) is 0.500. The summed E-state index contributed by atoms with van der Waals surface area (Å²) < 4.78 is 0. The van der Waals surface area contributed by atoms with Crippen LogP contribution in [-0.2, 0) is 16.0 Å². The van der Waals surface area contributed by atoms with Gasteiger partial charge in [0, 0.05) is 36.7 Å². The van der Waals surface area contributed by atoms with Gasteiger partial charge in [-0.25, -0.2) is 0 Å². The Morgan fingerprint density at radius 3 is 2.86 bits per heavy atom. The highest BCUT2D eigenvalue weighted by Crippen LogP contribution is 2.42. The number of aliphatic hydroxyl groups excluding tert-OH is 1. The summed E-state index contributed by atoms with van der Waals surface area (Å²) in [7, 11) is 0. The highest BCUT2D eigenvalue weighted by molar-refractivity contribution is 5.77. The summed E-state index contributed by atoms with van der Waals surface area (Å²) >= 11 is 0. The van der Waals surface area contributed by atoms with Crippen molar-refractivity contribution in [3.8, 4) is 5.75 Å². The van der Waals surface area contributed by atoms with Gasteiger partial charge in [-0.15, -0.1) is 0 Å². The largest absolute Gasteiger partial charge is 0.508 e. The van der Waals surface area contributed by atoms with Crippen molar-refractivity contribution in [1.82, 2.24) is 5.32 Å². The van der Waals surface area contributed by atoms with E-state index < -0.39 is 0 Å². The first-order valence-electron chi connectivity index (χ1n) is 7.56. The van der Waals surface area contributed by atoms with Crippen LogP contribution in [0.5, 0.6) is 5.75 Å². The molecule has 22 heavy (non-hydrogen) atoms. The predicted molar refractivity (Wildman–Crippen MR) is 83.0 cm³/mol. The van der Waals surface area contributed by atoms with E-state index in [1.807, 2.05) is 0 Å². The van der Waals surface area contributed by atoms with Gasteiger partial charge in [0.05, 0.1) is 6.04 Å². The maximum atomic E-state index is 11.3. The Bertz CT molecular complexity index is 559. The van der Waals surface area contributed by atoms with E-state index >= 15 is 0 Å². The average molecular weight is 306 g/mol. The molecule has 2 atom stereocenters. The maximum Gasteiger partial charge on any atom is 0.219 e. The van der Waals surface area contributed by atoms with Gasteiger partial charge in [0.1, 0.15) is 12.0 Å². The molecule has 2 unspecified atom stereocenters. The normalized spacial score (nSPS) is 19.4. The molecule has 1 aromatic rings. The first-order chi connectivity index (χ1) is 10.6. The molecule has 1 aromatic carbocycles. The minimum Gasteiger partial charge on any atom is -0.508 e. The Hall–Kier alpha value is -2.08. The fourth-order valence-corrected chi connectivity index (χ4v) is 2.98. The van der Waals surface area contributed by atoms with Gasteiger partial charge in [-0.1, -0.05) is 6.92 Å².